The van der Waals surface area contributed by atoms with Crippen LogP contribution in [-0.2, 0) is 20.9 Å². The second kappa shape index (κ2) is 9.17. The van der Waals surface area contributed by atoms with Crippen LogP contribution in [0.4, 0.5) is 0 Å². The van der Waals surface area contributed by atoms with Crippen molar-refractivity contribution in [3.8, 4) is 17.2 Å². The monoisotopic (exact) mass is 414 g/mol. The van der Waals surface area contributed by atoms with Crippen LogP contribution in [0.1, 0.15) is 5.56 Å². The highest BCUT2D eigenvalue weighted by Gasteiger charge is 2.52. The van der Waals surface area contributed by atoms with Gasteiger partial charge < -0.3 is 29.5 Å². The molecule has 2 amide bonds. The lowest BCUT2D eigenvalue weighted by Gasteiger charge is -2.44. The number of amides is 2. The second-order valence-corrected chi connectivity index (χ2v) is 6.57. The molecule has 2 N–H and O–H groups in total. The van der Waals surface area contributed by atoms with E-state index < -0.39 is 29.9 Å². The first-order chi connectivity index (χ1) is 14.4. The summed E-state index contributed by atoms with van der Waals surface area (Å²) in [5.74, 6) is -0.746. The number of carbonyl (C=O) groups is 3. The number of aliphatic carboxylic acids is 1. The summed E-state index contributed by atoms with van der Waals surface area (Å²) >= 11 is 0. The SMILES string of the molecule is COc1ccc(CN2C(=O)[C@H](NC(=O)COc3ccccc3)[C@@H]2C(=O)O)c(OC)c1. The average molecular weight is 414 g/mol. The summed E-state index contributed by atoms with van der Waals surface area (Å²) in [6, 6.07) is 11.4. The first-order valence-electron chi connectivity index (χ1n) is 9.16. The fraction of sp³-hybridized carbons (Fsp3) is 0.286. The number of carboxylic acid groups (broad SMARTS) is 1. The Morgan fingerprint density at radius 3 is 2.43 bits per heavy atom. The molecule has 3 rings (SSSR count). The quantitative estimate of drug-likeness (QED) is 0.590. The van der Waals surface area contributed by atoms with Crippen LogP contribution in [0.5, 0.6) is 17.2 Å². The molecule has 30 heavy (non-hydrogen) atoms. The van der Waals surface area contributed by atoms with E-state index in [2.05, 4.69) is 5.32 Å². The standard InChI is InChI=1S/C21H22N2O7/c1-28-15-9-8-13(16(10-15)29-2)11-23-19(21(26)27)18(20(23)25)22-17(24)12-30-14-6-4-3-5-7-14/h3-10,18-19H,11-12H2,1-2H3,(H,22,24)(H,26,27)/t18-,19-/m1/s1. The van der Waals surface area contributed by atoms with Gasteiger partial charge in [0.25, 0.3) is 5.91 Å². The van der Waals surface area contributed by atoms with Crippen LogP contribution < -0.4 is 19.5 Å². The van der Waals surface area contributed by atoms with Crippen molar-refractivity contribution in [2.24, 2.45) is 0 Å². The molecule has 9 heteroatoms. The Balaban J connectivity index is 1.64. The molecule has 1 fully saturated rings. The highest BCUT2D eigenvalue weighted by molar-refractivity contribution is 6.01. The van der Waals surface area contributed by atoms with Gasteiger partial charge in [-0.25, -0.2) is 4.79 Å². The number of ether oxygens (including phenoxy) is 3. The molecular weight excluding hydrogens is 392 g/mol. The second-order valence-electron chi connectivity index (χ2n) is 6.57. The van der Waals surface area contributed by atoms with Crippen molar-refractivity contribution < 1.29 is 33.7 Å². The van der Waals surface area contributed by atoms with Gasteiger partial charge >= 0.3 is 5.97 Å². The van der Waals surface area contributed by atoms with Gasteiger partial charge in [-0.3, -0.25) is 9.59 Å². The molecular formula is C21H22N2O7. The lowest BCUT2D eigenvalue weighted by molar-refractivity contribution is -0.168. The number of rotatable bonds is 9. The van der Waals surface area contributed by atoms with E-state index in [1.807, 2.05) is 6.07 Å². The van der Waals surface area contributed by atoms with Gasteiger partial charge in [0, 0.05) is 11.6 Å². The molecule has 1 saturated heterocycles. The first-order valence-corrected chi connectivity index (χ1v) is 9.16. The number of para-hydroxylation sites is 1. The Labute approximate surface area is 173 Å². The van der Waals surface area contributed by atoms with Gasteiger partial charge in [-0.05, 0) is 24.3 Å². The third-order valence-electron chi connectivity index (χ3n) is 4.72. The number of nitrogens with one attached hydrogen (secondary N) is 1. The maximum Gasteiger partial charge on any atom is 0.329 e. The maximum atomic E-state index is 12.6. The average Bonchev–Trinajstić information content (AvgIpc) is 2.76. The van der Waals surface area contributed by atoms with Gasteiger partial charge in [0.2, 0.25) is 5.91 Å². The molecule has 2 atom stereocenters. The highest BCUT2D eigenvalue weighted by Crippen LogP contribution is 2.30. The van der Waals surface area contributed by atoms with E-state index in [0.717, 1.165) is 0 Å². The fourth-order valence-electron chi connectivity index (χ4n) is 3.19. The van der Waals surface area contributed by atoms with Crippen molar-refractivity contribution >= 4 is 17.8 Å². The number of hydrogen-bond acceptors (Lipinski definition) is 6. The Bertz CT molecular complexity index is 932. The van der Waals surface area contributed by atoms with Gasteiger partial charge in [-0.1, -0.05) is 18.2 Å². The summed E-state index contributed by atoms with van der Waals surface area (Å²) in [6.45, 7) is -0.303. The zero-order valence-electron chi connectivity index (χ0n) is 16.5. The van der Waals surface area contributed by atoms with Crippen molar-refractivity contribution in [2.75, 3.05) is 20.8 Å². The van der Waals surface area contributed by atoms with Gasteiger partial charge in [0.05, 0.1) is 20.8 Å². The minimum Gasteiger partial charge on any atom is -0.497 e. The van der Waals surface area contributed by atoms with E-state index in [0.29, 0.717) is 22.8 Å². The largest absolute Gasteiger partial charge is 0.497 e. The molecule has 0 aromatic heterocycles. The lowest BCUT2D eigenvalue weighted by Crippen LogP contribution is -2.73. The van der Waals surface area contributed by atoms with Crippen molar-refractivity contribution in [3.63, 3.8) is 0 Å². The predicted octanol–water partition coefficient (Wildman–Crippen LogP) is 1.06. The topological polar surface area (TPSA) is 114 Å². The van der Waals surface area contributed by atoms with Crippen LogP contribution >= 0.6 is 0 Å². The number of hydrogen-bond donors (Lipinski definition) is 2. The third-order valence-corrected chi connectivity index (χ3v) is 4.72. The molecule has 1 aliphatic rings. The highest BCUT2D eigenvalue weighted by atomic mass is 16.5. The molecule has 1 aliphatic heterocycles. The van der Waals surface area contributed by atoms with Gasteiger partial charge in [0.1, 0.15) is 23.3 Å². The number of carboxylic acids is 1. The van der Waals surface area contributed by atoms with Gasteiger partial charge in [0.15, 0.2) is 12.6 Å². The Morgan fingerprint density at radius 1 is 1.07 bits per heavy atom. The Hall–Kier alpha value is -3.75. The van der Waals surface area contributed by atoms with E-state index in [1.165, 1.54) is 19.1 Å². The minimum atomic E-state index is -1.21. The van der Waals surface area contributed by atoms with Crippen LogP contribution in [0, 0.1) is 0 Å². The van der Waals surface area contributed by atoms with Crippen LogP contribution in [0.15, 0.2) is 48.5 Å². The fourth-order valence-corrected chi connectivity index (χ4v) is 3.19. The molecule has 0 unspecified atom stereocenters. The van der Waals surface area contributed by atoms with E-state index in [9.17, 15) is 19.5 Å². The van der Waals surface area contributed by atoms with Crippen molar-refractivity contribution in [2.45, 2.75) is 18.6 Å². The summed E-state index contributed by atoms with van der Waals surface area (Å²) in [5.41, 5.74) is 0.620. The lowest BCUT2D eigenvalue weighted by atomic mass is 9.93. The van der Waals surface area contributed by atoms with Crippen LogP contribution in [0.2, 0.25) is 0 Å². The molecule has 2 aromatic carbocycles. The van der Waals surface area contributed by atoms with Gasteiger partial charge in [-0.15, -0.1) is 0 Å². The van der Waals surface area contributed by atoms with Crippen molar-refractivity contribution in [1.29, 1.82) is 0 Å². The Morgan fingerprint density at radius 2 is 1.80 bits per heavy atom. The summed E-state index contributed by atoms with van der Waals surface area (Å²) in [4.78, 5) is 37.6. The molecule has 0 spiro atoms. The molecule has 158 valence electrons. The number of nitrogens with zero attached hydrogens (tertiary/aromatic N) is 1. The van der Waals surface area contributed by atoms with Crippen molar-refractivity contribution in [1.82, 2.24) is 10.2 Å². The van der Waals surface area contributed by atoms with E-state index >= 15 is 0 Å². The minimum absolute atomic E-state index is 0.0237. The summed E-state index contributed by atoms with van der Waals surface area (Å²) in [6.07, 6.45) is 0. The van der Waals surface area contributed by atoms with Crippen molar-refractivity contribution in [3.05, 3.63) is 54.1 Å². The normalized spacial score (nSPS) is 17.7. The van der Waals surface area contributed by atoms with Crippen LogP contribution in [0.3, 0.4) is 0 Å². The van der Waals surface area contributed by atoms with Crippen LogP contribution in [0.25, 0.3) is 0 Å². The predicted molar refractivity (Wildman–Crippen MR) is 105 cm³/mol. The molecule has 0 saturated carbocycles. The smallest absolute Gasteiger partial charge is 0.329 e. The van der Waals surface area contributed by atoms with E-state index in [-0.39, 0.29) is 13.2 Å². The molecule has 0 aliphatic carbocycles. The van der Waals surface area contributed by atoms with E-state index in [1.54, 1.807) is 42.5 Å². The first kappa shape index (κ1) is 21.0. The number of methoxy groups -OCH3 is 2. The third kappa shape index (κ3) is 4.45. The van der Waals surface area contributed by atoms with E-state index in [4.69, 9.17) is 14.2 Å². The van der Waals surface area contributed by atoms with Gasteiger partial charge in [-0.2, -0.15) is 0 Å². The zero-order valence-corrected chi connectivity index (χ0v) is 16.5. The number of likely N-dealkylation sites (tertiary alicyclic amines) is 1. The number of carbonyl (C=O) groups excluding carboxylic acids is 2. The molecule has 0 bridgehead atoms. The Kier molecular flexibility index (Phi) is 6.41. The molecule has 1 heterocycles. The summed E-state index contributed by atoms with van der Waals surface area (Å²) in [5, 5.41) is 12.0. The molecule has 0 radical (unpaired) electrons. The number of benzene rings is 2. The summed E-state index contributed by atoms with van der Waals surface area (Å²) < 4.78 is 15.8. The number of β-lactam (4-membered cyclic amide) rings is 1. The maximum absolute atomic E-state index is 12.6. The molecule has 2 aromatic rings. The summed E-state index contributed by atoms with van der Waals surface area (Å²) in [7, 11) is 2.99. The van der Waals surface area contributed by atoms with Crippen LogP contribution in [-0.4, -0.2) is 60.7 Å². The zero-order chi connectivity index (χ0) is 21.7. The molecule has 9 nitrogen and oxygen atoms in total.